The predicted octanol–water partition coefficient (Wildman–Crippen LogP) is 6.03. The first-order valence-electron chi connectivity index (χ1n) is 8.22. The molecular weight excluding hydrogens is 419 g/mol. The van der Waals surface area contributed by atoms with Gasteiger partial charge in [-0.2, -0.15) is 0 Å². The second kappa shape index (κ2) is 7.47. The molecule has 0 unspecified atom stereocenters. The Bertz CT molecular complexity index is 1220. The van der Waals surface area contributed by atoms with E-state index in [1.165, 1.54) is 25.6 Å². The third kappa shape index (κ3) is 3.24. The van der Waals surface area contributed by atoms with E-state index in [0.717, 1.165) is 21.0 Å². The van der Waals surface area contributed by atoms with Crippen molar-refractivity contribution in [3.63, 3.8) is 0 Å². The number of nitrogens with one attached hydrogen (secondary N) is 1. The normalized spacial score (nSPS) is 11.0. The maximum atomic E-state index is 12.9. The maximum Gasteiger partial charge on any atom is 0.265 e. The summed E-state index contributed by atoms with van der Waals surface area (Å²) in [5.41, 5.74) is 1.24. The topological polar surface area (TPSA) is 60.5 Å². The smallest absolute Gasteiger partial charge is 0.265 e. The molecule has 0 spiro atoms. The molecule has 28 heavy (non-hydrogen) atoms. The van der Waals surface area contributed by atoms with Gasteiger partial charge >= 0.3 is 0 Å². The van der Waals surface area contributed by atoms with Gasteiger partial charge in [0.25, 0.3) is 5.91 Å². The molecule has 0 fully saturated rings. The van der Waals surface area contributed by atoms with E-state index in [0.29, 0.717) is 32.2 Å². The molecule has 0 aliphatic rings. The number of halogens is 2. The highest BCUT2D eigenvalue weighted by atomic mass is 35.5. The first-order valence-corrected chi connectivity index (χ1v) is 9.79. The number of amides is 1. The van der Waals surface area contributed by atoms with Gasteiger partial charge in [-0.3, -0.25) is 4.79 Å². The van der Waals surface area contributed by atoms with Gasteiger partial charge in [-0.05, 0) is 18.2 Å². The Morgan fingerprint density at radius 1 is 1.04 bits per heavy atom. The number of carbonyl (C=O) groups is 1. The molecule has 4 aromatic rings. The van der Waals surface area contributed by atoms with E-state index in [2.05, 4.69) is 10.3 Å². The molecule has 2 aromatic heterocycles. The van der Waals surface area contributed by atoms with Crippen LogP contribution >= 0.6 is 34.5 Å². The summed E-state index contributed by atoms with van der Waals surface area (Å²) in [7, 11) is 3.02. The fourth-order valence-electron chi connectivity index (χ4n) is 2.93. The Hall–Kier alpha value is -2.54. The lowest BCUT2D eigenvalue weighted by Gasteiger charge is -2.12. The maximum absolute atomic E-state index is 12.9. The zero-order valence-electron chi connectivity index (χ0n) is 14.9. The molecule has 0 aliphatic carbocycles. The highest BCUT2D eigenvalue weighted by molar-refractivity contribution is 7.22. The molecule has 0 saturated heterocycles. The van der Waals surface area contributed by atoms with Crippen molar-refractivity contribution in [1.82, 2.24) is 4.98 Å². The molecule has 4 rings (SSSR count). The van der Waals surface area contributed by atoms with Crippen LogP contribution in [0.3, 0.4) is 0 Å². The van der Waals surface area contributed by atoms with E-state index in [1.807, 2.05) is 24.3 Å². The van der Waals surface area contributed by atoms with Crippen LogP contribution < -0.4 is 14.8 Å². The van der Waals surface area contributed by atoms with Gasteiger partial charge in [0.2, 0.25) is 0 Å². The molecule has 0 bridgehead atoms. The van der Waals surface area contributed by atoms with Gasteiger partial charge in [0, 0.05) is 21.5 Å². The van der Waals surface area contributed by atoms with Gasteiger partial charge in [0.15, 0.2) is 0 Å². The number of anilines is 1. The third-order valence-electron chi connectivity index (χ3n) is 4.27. The predicted molar refractivity (Wildman–Crippen MR) is 115 cm³/mol. The number of carbonyl (C=O) groups excluding carboxylic acids is 1. The molecule has 0 aliphatic heterocycles. The number of pyridine rings is 1. The summed E-state index contributed by atoms with van der Waals surface area (Å²) in [6, 6.07) is 12.6. The van der Waals surface area contributed by atoms with E-state index >= 15 is 0 Å². The highest BCUT2D eigenvalue weighted by Gasteiger charge is 2.18. The zero-order chi connectivity index (χ0) is 19.8. The van der Waals surface area contributed by atoms with Crippen LogP contribution in [0.5, 0.6) is 11.5 Å². The summed E-state index contributed by atoms with van der Waals surface area (Å²) in [6.07, 6.45) is 0. The van der Waals surface area contributed by atoms with Crippen LogP contribution in [-0.2, 0) is 0 Å². The van der Waals surface area contributed by atoms with Crippen LogP contribution in [0.2, 0.25) is 10.2 Å². The van der Waals surface area contributed by atoms with Crippen LogP contribution in [0, 0.1) is 0 Å². The van der Waals surface area contributed by atoms with Gasteiger partial charge in [-0.25, -0.2) is 4.98 Å². The van der Waals surface area contributed by atoms with E-state index in [4.69, 9.17) is 32.7 Å². The van der Waals surface area contributed by atoms with Gasteiger partial charge in [-0.15, -0.1) is 11.3 Å². The minimum atomic E-state index is -0.291. The molecule has 2 aromatic carbocycles. The average molecular weight is 433 g/mol. The summed E-state index contributed by atoms with van der Waals surface area (Å²) in [6.45, 7) is 0. The molecule has 1 N–H and O–H groups in total. The van der Waals surface area contributed by atoms with Crippen LogP contribution in [0.4, 0.5) is 5.69 Å². The average Bonchev–Trinajstić information content (AvgIpc) is 3.15. The fourth-order valence-corrected chi connectivity index (χ4v) is 4.55. The lowest BCUT2D eigenvalue weighted by molar-refractivity contribution is 0.103. The number of fused-ring (bicyclic) bond motifs is 3. The van der Waals surface area contributed by atoms with Gasteiger partial charge in [0.05, 0.1) is 35.3 Å². The van der Waals surface area contributed by atoms with Crippen molar-refractivity contribution >= 4 is 67.1 Å². The van der Waals surface area contributed by atoms with Crippen LogP contribution in [-0.4, -0.2) is 25.1 Å². The second-order valence-electron chi connectivity index (χ2n) is 5.91. The van der Waals surface area contributed by atoms with Crippen molar-refractivity contribution < 1.29 is 14.3 Å². The molecular formula is C20H14Cl2N2O3S. The highest BCUT2D eigenvalue weighted by Crippen LogP contribution is 2.38. The quantitative estimate of drug-likeness (QED) is 0.400. The number of hydrogen-bond donors (Lipinski definition) is 1. The van der Waals surface area contributed by atoms with Crippen molar-refractivity contribution in [2.45, 2.75) is 0 Å². The summed E-state index contributed by atoms with van der Waals surface area (Å²) in [4.78, 5) is 17.8. The van der Waals surface area contributed by atoms with E-state index < -0.39 is 0 Å². The molecule has 0 radical (unpaired) electrons. The Labute approximate surface area is 174 Å². The van der Waals surface area contributed by atoms with Crippen molar-refractivity contribution in [2.75, 3.05) is 19.5 Å². The molecule has 0 atom stereocenters. The minimum Gasteiger partial charge on any atom is -0.495 e. The number of methoxy groups -OCH3 is 2. The zero-order valence-corrected chi connectivity index (χ0v) is 17.2. The number of nitrogens with zero attached hydrogens (tertiary/aromatic N) is 1. The SMILES string of the molecule is COc1cc(OC)c(NC(=O)c2cc3c(Cl)nc4ccccc4c3s2)cc1Cl. The van der Waals surface area contributed by atoms with Crippen LogP contribution in [0.15, 0.2) is 42.5 Å². The second-order valence-corrected chi connectivity index (χ2v) is 7.73. The fraction of sp³-hybridized carbons (Fsp3) is 0.100. The molecule has 142 valence electrons. The van der Waals surface area contributed by atoms with Crippen molar-refractivity contribution in [2.24, 2.45) is 0 Å². The summed E-state index contributed by atoms with van der Waals surface area (Å²) >= 11 is 13.9. The standard InChI is InChI=1S/C20H14Cl2N2O3S/c1-26-15-9-16(27-2)14(8-12(15)21)24-20(25)17-7-11-18(28-17)10-5-3-4-6-13(10)23-19(11)22/h3-9H,1-2H3,(H,24,25). The van der Waals surface area contributed by atoms with Crippen molar-refractivity contribution in [3.05, 3.63) is 57.5 Å². The number of rotatable bonds is 4. The van der Waals surface area contributed by atoms with Gasteiger partial charge in [0.1, 0.15) is 16.7 Å². The first-order chi connectivity index (χ1) is 13.5. The van der Waals surface area contributed by atoms with Crippen molar-refractivity contribution in [3.8, 4) is 11.5 Å². The number of aromatic nitrogens is 1. The Morgan fingerprint density at radius 2 is 1.79 bits per heavy atom. The molecule has 2 heterocycles. The van der Waals surface area contributed by atoms with Gasteiger partial charge < -0.3 is 14.8 Å². The Balaban J connectivity index is 1.75. The number of para-hydroxylation sites is 1. The number of benzene rings is 2. The van der Waals surface area contributed by atoms with E-state index in [-0.39, 0.29) is 5.91 Å². The third-order valence-corrected chi connectivity index (χ3v) is 6.02. The number of thiophene rings is 1. The number of hydrogen-bond acceptors (Lipinski definition) is 5. The summed E-state index contributed by atoms with van der Waals surface area (Å²) in [5.74, 6) is 0.615. The molecule has 0 saturated carbocycles. The van der Waals surface area contributed by atoms with E-state index in [9.17, 15) is 4.79 Å². The first kappa shape index (κ1) is 18.8. The number of ether oxygens (including phenoxy) is 2. The molecule has 1 amide bonds. The Kier molecular flexibility index (Phi) is 5.02. The van der Waals surface area contributed by atoms with Crippen molar-refractivity contribution in [1.29, 1.82) is 0 Å². The Morgan fingerprint density at radius 3 is 2.54 bits per heavy atom. The lowest BCUT2D eigenvalue weighted by atomic mass is 10.2. The van der Waals surface area contributed by atoms with E-state index in [1.54, 1.807) is 18.2 Å². The van der Waals surface area contributed by atoms with Gasteiger partial charge in [-0.1, -0.05) is 41.4 Å². The summed E-state index contributed by atoms with van der Waals surface area (Å²) < 4.78 is 11.4. The summed E-state index contributed by atoms with van der Waals surface area (Å²) in [5, 5.41) is 5.28. The molecule has 8 heteroatoms. The lowest BCUT2D eigenvalue weighted by Crippen LogP contribution is -2.11. The van der Waals surface area contributed by atoms with Crippen LogP contribution in [0.1, 0.15) is 9.67 Å². The minimum absolute atomic E-state index is 0.291. The molecule has 5 nitrogen and oxygen atoms in total. The largest absolute Gasteiger partial charge is 0.495 e. The van der Waals surface area contributed by atoms with Crippen LogP contribution in [0.25, 0.3) is 21.0 Å². The monoisotopic (exact) mass is 432 g/mol.